The second-order valence-corrected chi connectivity index (χ2v) is 38.5. The third-order valence-electron chi connectivity index (χ3n) is 28.0. The number of fused-ring (bicyclic) bond motifs is 35. The zero-order valence-electron chi connectivity index (χ0n) is 79.6. The van der Waals surface area contributed by atoms with Gasteiger partial charge in [-0.25, -0.2) is 19.4 Å². The molecule has 0 saturated heterocycles. The summed E-state index contributed by atoms with van der Waals surface area (Å²) in [5.41, 5.74) is 31.5. The SMILES string of the molecule is Cc1ccc2c(c1)oc1c3ccc(O)cc3c(Br)cc21.Cc1ccc2c(c1)oc1c3ccc(O)cc3ccc21.Cc1ccc2c3c(oc2c1)-c1ccc(O)cc1CC3.[C-]#[N+]c1c(C)ccc2c1oc1c3ccc(O)cc3ccc21.[C-]#[N+]c1c(C)ccc2c3c(oc12)-c1ccc(O)cc1CCC3.[C-]#[N+]c1cc(C)cc2c3c(oc12)-c1ccc(O)cc1CC3.[C-]#[N+]c1cc(C)cc2c3c(oc12)-c1ccc(O)cc1CCC3. The van der Waals surface area contributed by atoms with E-state index in [1.165, 1.54) is 49.9 Å². The molecule has 7 aromatic heterocycles. The Hall–Kier alpha value is -17.9. The average Bonchev–Trinajstić information content (AvgIpc) is 1.60. The van der Waals surface area contributed by atoms with E-state index in [1.54, 1.807) is 66.7 Å². The number of rotatable bonds is 0. The molecule has 0 bridgehead atoms. The summed E-state index contributed by atoms with van der Waals surface area (Å²) < 4.78 is 43.4. The molecule has 144 heavy (non-hydrogen) atoms. The minimum absolute atomic E-state index is 0.232. The smallest absolute Gasteiger partial charge is 0.232 e. The number of phenols is 7. The van der Waals surface area contributed by atoms with E-state index >= 15 is 0 Å². The molecule has 19 heteroatoms. The average molecular weight is 1950 g/mol. The lowest BCUT2D eigenvalue weighted by Gasteiger charge is -2.15. The van der Waals surface area contributed by atoms with Crippen molar-refractivity contribution in [2.45, 2.75) is 113 Å². The summed E-state index contributed by atoms with van der Waals surface area (Å²) in [6.45, 7) is 43.6. The van der Waals surface area contributed by atoms with Gasteiger partial charge in [0.2, 0.25) is 22.7 Å². The molecule has 7 heterocycles. The number of aromatic hydroxyl groups is 7. The van der Waals surface area contributed by atoms with Gasteiger partial charge in [-0.15, -0.1) is 0 Å². The van der Waals surface area contributed by atoms with Crippen molar-refractivity contribution in [2.24, 2.45) is 0 Å². The molecule has 0 saturated carbocycles. The Morgan fingerprint density at radius 1 is 0.229 bits per heavy atom. The minimum atomic E-state index is 0.232. The highest BCUT2D eigenvalue weighted by atomic mass is 79.9. The summed E-state index contributed by atoms with van der Waals surface area (Å²) in [7, 11) is 0. The van der Waals surface area contributed by atoms with Gasteiger partial charge in [-0.1, -0.05) is 112 Å². The first-order valence-electron chi connectivity index (χ1n) is 47.6. The van der Waals surface area contributed by atoms with Gasteiger partial charge in [-0.05, 0) is 349 Å². The van der Waals surface area contributed by atoms with Crippen LogP contribution in [0.2, 0.25) is 0 Å². The highest BCUT2D eigenvalue weighted by Gasteiger charge is 2.30. The van der Waals surface area contributed by atoms with Crippen molar-refractivity contribution < 1.29 is 66.7 Å². The van der Waals surface area contributed by atoms with Crippen LogP contribution in [0, 0.1) is 74.8 Å². The Morgan fingerprint density at radius 3 is 1.04 bits per heavy atom. The standard InChI is InChI=1S/2C19H15NO2.C18H11NO2.C18H13NO2.C17H11BrO2.C17H14O2.C17H12O2/c1-11-6-8-16-15-5-3-4-12-10-13(21)7-9-14(12)18(15)22-19(16)17(11)20-2;1-11-8-16-15-5-3-4-12-10-13(21)6-7-14(12)18(15)22-19(16)17(9-11)20-2;1-10-3-6-15-14-7-4-11-9-12(20)5-8-13(11)17(14)21-18(15)16(10)19-2;1-10-7-15-14-5-3-11-9-12(20)4-6-13(11)17(14)21-18(15)16(8-10)19-2;1-9-2-4-11-14-8-15(18)13-7-10(19)3-5-12(13)17(14)20-16(11)6-9;2*1-10-2-5-14-15-6-3-11-9-12(18)4-7-13(11)17(15)19-16(14)8-10/h2*6-10,21H,3-5H2,1H3;3-9,20H,1H3;4,6-9,20H,3,5H2,1H3;2-8,19H,1H3;2,4-5,7-9,18H,3,6H2,1H3;2-9,18H,1H3. The molecule has 0 atom stereocenters. The van der Waals surface area contributed by atoms with Gasteiger partial charge in [0, 0.05) is 124 Å². The molecule has 0 radical (unpaired) electrons. The molecule has 28 rings (SSSR count). The Balaban J connectivity index is 0.0000000960. The molecule has 18 nitrogen and oxygen atoms in total. The van der Waals surface area contributed by atoms with E-state index in [9.17, 15) is 35.7 Å². The maximum absolute atomic E-state index is 9.72. The van der Waals surface area contributed by atoms with Crippen molar-refractivity contribution in [2.75, 3.05) is 0 Å². The fraction of sp³-hybridized carbons (Fsp3) is 0.136. The molecule has 4 aliphatic rings. The lowest BCUT2D eigenvalue weighted by molar-refractivity contribution is 0.473. The topological polar surface area (TPSA) is 251 Å². The Kier molecular flexibility index (Phi) is 23.3. The number of halogens is 1. The molecule has 7 N–H and O–H groups in total. The maximum Gasteiger partial charge on any atom is 0.232 e. The lowest BCUT2D eigenvalue weighted by atomic mass is 9.89. The van der Waals surface area contributed by atoms with Gasteiger partial charge in [-0.3, -0.25) is 0 Å². The number of phenolic OH excluding ortho intramolecular Hbond substituents is 7. The second kappa shape index (κ2) is 36.7. The van der Waals surface area contributed by atoms with Crippen molar-refractivity contribution >= 4 is 181 Å². The van der Waals surface area contributed by atoms with Gasteiger partial charge in [0.15, 0.2) is 0 Å². The maximum atomic E-state index is 9.72. The second-order valence-electron chi connectivity index (χ2n) is 37.7. The minimum Gasteiger partial charge on any atom is -0.508 e. The van der Waals surface area contributed by atoms with Gasteiger partial charge >= 0.3 is 0 Å². The van der Waals surface area contributed by atoms with E-state index in [0.717, 1.165) is 267 Å². The van der Waals surface area contributed by atoms with Crippen molar-refractivity contribution in [3.63, 3.8) is 0 Å². The summed E-state index contributed by atoms with van der Waals surface area (Å²) in [6.07, 6.45) is 9.43. The van der Waals surface area contributed by atoms with Crippen LogP contribution < -0.4 is 0 Å². The van der Waals surface area contributed by atoms with E-state index in [1.807, 2.05) is 137 Å². The van der Waals surface area contributed by atoms with Crippen LogP contribution in [0.1, 0.15) is 96.3 Å². The van der Waals surface area contributed by atoms with Crippen LogP contribution in [-0.4, -0.2) is 35.7 Å². The molecule has 17 aromatic carbocycles. The molecule has 24 aromatic rings. The number of furan rings is 7. The van der Waals surface area contributed by atoms with Gasteiger partial charge in [-0.2, -0.15) is 0 Å². The van der Waals surface area contributed by atoms with Crippen LogP contribution in [0.5, 0.6) is 40.2 Å². The first-order valence-corrected chi connectivity index (χ1v) is 48.4. The summed E-state index contributed by atoms with van der Waals surface area (Å²) in [5, 5.41) is 84.0. The first-order chi connectivity index (χ1) is 69.8. The molecule has 0 amide bonds. The Morgan fingerprint density at radius 2 is 0.562 bits per heavy atom. The van der Waals surface area contributed by atoms with Crippen molar-refractivity contribution in [3.05, 3.63) is 394 Å². The van der Waals surface area contributed by atoms with Crippen LogP contribution in [0.15, 0.2) is 296 Å². The normalized spacial score (nSPS) is 12.5. The van der Waals surface area contributed by atoms with Crippen molar-refractivity contribution in [3.8, 4) is 85.5 Å². The van der Waals surface area contributed by atoms with E-state index in [0.29, 0.717) is 50.8 Å². The van der Waals surface area contributed by atoms with E-state index < -0.39 is 0 Å². The van der Waals surface area contributed by atoms with Gasteiger partial charge < -0.3 is 66.7 Å². The first kappa shape index (κ1) is 91.2. The zero-order chi connectivity index (χ0) is 99.5. The van der Waals surface area contributed by atoms with Gasteiger partial charge in [0.05, 0.1) is 26.3 Å². The van der Waals surface area contributed by atoms with Crippen LogP contribution in [0.25, 0.3) is 207 Å². The van der Waals surface area contributed by atoms with Crippen LogP contribution >= 0.6 is 15.9 Å². The van der Waals surface area contributed by atoms with E-state index in [4.69, 9.17) is 57.2 Å². The fourth-order valence-electron chi connectivity index (χ4n) is 21.1. The highest BCUT2D eigenvalue weighted by Crippen LogP contribution is 2.51. The third-order valence-corrected chi connectivity index (χ3v) is 28.6. The van der Waals surface area contributed by atoms with Crippen molar-refractivity contribution in [1.29, 1.82) is 0 Å². The van der Waals surface area contributed by atoms with Gasteiger partial charge in [0.25, 0.3) is 0 Å². The summed E-state index contributed by atoms with van der Waals surface area (Å²) in [5.74, 6) is 5.49. The van der Waals surface area contributed by atoms with E-state index in [2.05, 4.69) is 141 Å². The number of hydrogen-bond donors (Lipinski definition) is 7. The van der Waals surface area contributed by atoms with Crippen molar-refractivity contribution in [1.82, 2.24) is 0 Å². The predicted molar refractivity (Wildman–Crippen MR) is 577 cm³/mol. The molecule has 0 aliphatic heterocycles. The lowest BCUT2D eigenvalue weighted by Crippen LogP contribution is -2.01. The number of nitrogens with zero attached hydrogens (tertiary/aromatic N) is 4. The Bertz CT molecular complexity index is 9660. The molecule has 702 valence electrons. The summed E-state index contributed by atoms with van der Waals surface area (Å²) >= 11 is 3.58. The molecule has 0 fully saturated rings. The molecule has 4 aliphatic carbocycles. The largest absolute Gasteiger partial charge is 0.508 e. The summed E-state index contributed by atoms with van der Waals surface area (Å²) in [4.78, 5) is 14.5. The number of hydrogen-bond acceptors (Lipinski definition) is 14. The number of aryl methyl sites for hydroxylation is 15. The molecular weight excluding hydrogens is 1860 g/mol. The Labute approximate surface area is 834 Å². The molecule has 0 spiro atoms. The monoisotopic (exact) mass is 1950 g/mol. The number of benzene rings is 17. The zero-order valence-corrected chi connectivity index (χ0v) is 81.1. The van der Waals surface area contributed by atoms with Crippen LogP contribution in [0.4, 0.5) is 22.7 Å². The fourth-order valence-corrected chi connectivity index (χ4v) is 21.7. The summed E-state index contributed by atoms with van der Waals surface area (Å²) in [6, 6.07) is 82.5. The third kappa shape index (κ3) is 16.5. The quantitative estimate of drug-likeness (QED) is 0.0698. The van der Waals surface area contributed by atoms with Gasteiger partial charge in [0.1, 0.15) is 119 Å². The predicted octanol–water partition coefficient (Wildman–Crippen LogP) is 34.9. The van der Waals surface area contributed by atoms with E-state index in [-0.39, 0.29) is 34.5 Å². The van der Waals surface area contributed by atoms with Crippen LogP contribution in [0.3, 0.4) is 0 Å². The highest BCUT2D eigenvalue weighted by molar-refractivity contribution is 9.10. The van der Waals surface area contributed by atoms with Crippen LogP contribution in [-0.2, 0) is 51.4 Å². The molecular formula is C125H91BrN4O14. The molecule has 0 unspecified atom stereocenters.